The van der Waals surface area contributed by atoms with Crippen LogP contribution in [-0.2, 0) is 0 Å². The molecule has 3 heteroatoms. The highest BCUT2D eigenvalue weighted by Crippen LogP contribution is 2.12. The average Bonchev–Trinajstić information content (AvgIpc) is 2.53. The predicted octanol–water partition coefficient (Wildman–Crippen LogP) is 2.98. The summed E-state index contributed by atoms with van der Waals surface area (Å²) in [7, 11) is 0. The van der Waals surface area contributed by atoms with Crippen molar-refractivity contribution in [2.45, 2.75) is 39.5 Å². The molecule has 0 aliphatic carbocycles. The van der Waals surface area contributed by atoms with Crippen LogP contribution in [0.3, 0.4) is 0 Å². The zero-order valence-electron chi connectivity index (χ0n) is 13.0. The summed E-state index contributed by atoms with van der Waals surface area (Å²) < 4.78 is 0. The Morgan fingerprint density at radius 2 is 2.10 bits per heavy atom. The molecule has 3 nitrogen and oxygen atoms in total. The molecule has 0 bridgehead atoms. The average molecular weight is 287 g/mol. The minimum Gasteiger partial charge on any atom is -0.384 e. The van der Waals surface area contributed by atoms with Gasteiger partial charge in [0.05, 0.1) is 5.56 Å². The Hall–Kier alpha value is -1.79. The first kappa shape index (κ1) is 17.3. The maximum Gasteiger partial charge on any atom is 0.252 e. The number of aliphatic hydroxyl groups is 1. The molecule has 0 heterocycles. The van der Waals surface area contributed by atoms with E-state index >= 15 is 0 Å². The summed E-state index contributed by atoms with van der Waals surface area (Å²) in [4.78, 5) is 12.3. The van der Waals surface area contributed by atoms with Crippen molar-refractivity contribution >= 4 is 5.91 Å². The number of hydrogen-bond donors (Lipinski definition) is 2. The van der Waals surface area contributed by atoms with E-state index in [4.69, 9.17) is 5.11 Å². The lowest BCUT2D eigenvalue weighted by Crippen LogP contribution is -2.29. The van der Waals surface area contributed by atoms with Gasteiger partial charge in [0.15, 0.2) is 0 Å². The van der Waals surface area contributed by atoms with Gasteiger partial charge in [-0.15, -0.1) is 0 Å². The smallest absolute Gasteiger partial charge is 0.252 e. The van der Waals surface area contributed by atoms with E-state index in [1.54, 1.807) is 12.1 Å². The molecule has 0 aromatic heterocycles. The number of carbonyl (C=O) groups excluding carboxylic acids is 1. The standard InChI is InChI=1S/C18H25NO2/c1-3-5-9-15(4-2)14-19-18(21)17-12-7-6-10-16(17)11-8-13-20/h6-7,10,12,15,20H,3-5,9,13-14H2,1-2H3,(H,19,21). The molecule has 0 fully saturated rings. The quantitative estimate of drug-likeness (QED) is 0.757. The molecule has 21 heavy (non-hydrogen) atoms. The second-order valence-electron chi connectivity index (χ2n) is 5.13. The van der Waals surface area contributed by atoms with Crippen molar-refractivity contribution in [3.8, 4) is 11.8 Å². The second-order valence-corrected chi connectivity index (χ2v) is 5.13. The molecule has 2 N–H and O–H groups in total. The highest BCUT2D eigenvalue weighted by atomic mass is 16.2. The Kier molecular flexibility index (Phi) is 8.23. The van der Waals surface area contributed by atoms with Crippen LogP contribution >= 0.6 is 0 Å². The summed E-state index contributed by atoms with van der Waals surface area (Å²) in [6, 6.07) is 7.23. The van der Waals surface area contributed by atoms with Crippen LogP contribution in [0.5, 0.6) is 0 Å². The van der Waals surface area contributed by atoms with Crippen LogP contribution < -0.4 is 5.32 Å². The second kappa shape index (κ2) is 10.0. The lowest BCUT2D eigenvalue weighted by atomic mass is 9.99. The fraction of sp³-hybridized carbons (Fsp3) is 0.500. The first-order chi connectivity index (χ1) is 10.2. The Bertz CT molecular complexity index is 499. The van der Waals surface area contributed by atoms with Crippen LogP contribution in [-0.4, -0.2) is 24.2 Å². The number of hydrogen-bond acceptors (Lipinski definition) is 2. The van der Waals surface area contributed by atoms with E-state index in [1.807, 2.05) is 12.1 Å². The van der Waals surface area contributed by atoms with Crippen LogP contribution in [0.15, 0.2) is 24.3 Å². The van der Waals surface area contributed by atoms with Gasteiger partial charge in [-0.3, -0.25) is 4.79 Å². The van der Waals surface area contributed by atoms with Gasteiger partial charge in [-0.2, -0.15) is 0 Å². The Morgan fingerprint density at radius 1 is 1.33 bits per heavy atom. The van der Waals surface area contributed by atoms with Crippen molar-refractivity contribution < 1.29 is 9.90 Å². The Balaban J connectivity index is 2.67. The van der Waals surface area contributed by atoms with Crippen LogP contribution in [0.1, 0.15) is 55.5 Å². The number of unbranched alkanes of at least 4 members (excludes halogenated alkanes) is 1. The third-order valence-corrected chi connectivity index (χ3v) is 3.57. The summed E-state index contributed by atoms with van der Waals surface area (Å²) in [6.45, 7) is 4.84. The summed E-state index contributed by atoms with van der Waals surface area (Å²) in [5.41, 5.74) is 1.23. The van der Waals surface area contributed by atoms with E-state index in [0.29, 0.717) is 23.6 Å². The van der Waals surface area contributed by atoms with Crippen LogP contribution in [0, 0.1) is 17.8 Å². The van der Waals surface area contributed by atoms with Gasteiger partial charge in [-0.25, -0.2) is 0 Å². The normalized spacial score (nSPS) is 11.4. The fourth-order valence-corrected chi connectivity index (χ4v) is 2.20. The maximum atomic E-state index is 12.3. The van der Waals surface area contributed by atoms with Crippen LogP contribution in [0.4, 0.5) is 0 Å². The highest BCUT2D eigenvalue weighted by Gasteiger charge is 2.12. The van der Waals surface area contributed by atoms with Gasteiger partial charge in [0, 0.05) is 12.1 Å². The van der Waals surface area contributed by atoms with Crippen LogP contribution in [0.2, 0.25) is 0 Å². The molecule has 1 aromatic carbocycles. The van der Waals surface area contributed by atoms with Gasteiger partial charge < -0.3 is 10.4 Å². The number of amides is 1. The number of rotatable bonds is 7. The number of aliphatic hydroxyl groups excluding tert-OH is 1. The summed E-state index contributed by atoms with van der Waals surface area (Å²) in [6.07, 6.45) is 4.61. The predicted molar refractivity (Wildman–Crippen MR) is 86.0 cm³/mol. The van der Waals surface area contributed by atoms with Gasteiger partial charge in [0.1, 0.15) is 6.61 Å². The zero-order chi connectivity index (χ0) is 15.5. The molecule has 0 saturated carbocycles. The first-order valence-electron chi connectivity index (χ1n) is 7.69. The van der Waals surface area contributed by atoms with Crippen molar-refractivity contribution in [3.05, 3.63) is 35.4 Å². The number of nitrogens with one attached hydrogen (secondary N) is 1. The summed E-state index contributed by atoms with van der Waals surface area (Å²) in [5.74, 6) is 5.85. The maximum absolute atomic E-state index is 12.3. The van der Waals surface area contributed by atoms with Crippen molar-refractivity contribution in [1.82, 2.24) is 5.32 Å². The Labute approximate surface area is 127 Å². The molecule has 0 aliphatic heterocycles. The van der Waals surface area contributed by atoms with E-state index in [1.165, 1.54) is 12.8 Å². The number of carbonyl (C=O) groups is 1. The molecule has 0 radical (unpaired) electrons. The first-order valence-corrected chi connectivity index (χ1v) is 7.69. The zero-order valence-corrected chi connectivity index (χ0v) is 13.0. The van der Waals surface area contributed by atoms with E-state index in [-0.39, 0.29) is 12.5 Å². The molecule has 1 unspecified atom stereocenters. The van der Waals surface area contributed by atoms with Gasteiger partial charge in [-0.05, 0) is 24.5 Å². The molecular weight excluding hydrogens is 262 g/mol. The van der Waals surface area contributed by atoms with Gasteiger partial charge >= 0.3 is 0 Å². The fourth-order valence-electron chi connectivity index (χ4n) is 2.20. The Morgan fingerprint density at radius 3 is 2.76 bits per heavy atom. The molecule has 1 amide bonds. The van der Waals surface area contributed by atoms with Gasteiger partial charge in [0.25, 0.3) is 5.91 Å². The third-order valence-electron chi connectivity index (χ3n) is 3.57. The van der Waals surface area contributed by atoms with E-state index in [0.717, 1.165) is 12.8 Å². The largest absolute Gasteiger partial charge is 0.384 e. The van der Waals surface area contributed by atoms with Crippen molar-refractivity contribution in [2.24, 2.45) is 5.92 Å². The minimum absolute atomic E-state index is 0.0900. The summed E-state index contributed by atoms with van der Waals surface area (Å²) >= 11 is 0. The third kappa shape index (κ3) is 6.01. The van der Waals surface area contributed by atoms with Crippen molar-refractivity contribution in [1.29, 1.82) is 0 Å². The highest BCUT2D eigenvalue weighted by molar-refractivity contribution is 5.96. The molecule has 0 saturated heterocycles. The molecule has 1 rings (SSSR count). The lowest BCUT2D eigenvalue weighted by Gasteiger charge is -2.15. The molecular formula is C18H25NO2. The van der Waals surface area contributed by atoms with Crippen molar-refractivity contribution in [3.63, 3.8) is 0 Å². The van der Waals surface area contributed by atoms with E-state index in [2.05, 4.69) is 31.0 Å². The SMILES string of the molecule is CCCCC(CC)CNC(=O)c1ccccc1C#CCO. The molecule has 0 spiro atoms. The van der Waals surface area contributed by atoms with E-state index < -0.39 is 0 Å². The molecule has 1 aromatic rings. The molecule has 1 atom stereocenters. The van der Waals surface area contributed by atoms with E-state index in [9.17, 15) is 4.79 Å². The van der Waals surface area contributed by atoms with Gasteiger partial charge in [-0.1, -0.05) is 57.1 Å². The molecule has 0 aliphatic rings. The van der Waals surface area contributed by atoms with Crippen molar-refractivity contribution in [2.75, 3.05) is 13.2 Å². The minimum atomic E-state index is -0.203. The van der Waals surface area contributed by atoms with Crippen LogP contribution in [0.25, 0.3) is 0 Å². The van der Waals surface area contributed by atoms with Gasteiger partial charge in [0.2, 0.25) is 0 Å². The molecule has 114 valence electrons. The lowest BCUT2D eigenvalue weighted by molar-refractivity contribution is 0.0945. The summed E-state index contributed by atoms with van der Waals surface area (Å²) in [5, 5.41) is 11.8. The number of benzene rings is 1. The topological polar surface area (TPSA) is 49.3 Å². The monoisotopic (exact) mass is 287 g/mol.